The van der Waals surface area contributed by atoms with Crippen molar-refractivity contribution in [3.63, 3.8) is 0 Å². The van der Waals surface area contributed by atoms with E-state index >= 15 is 0 Å². The molecular formula is C33H44N4O6S. The van der Waals surface area contributed by atoms with Gasteiger partial charge in [-0.15, -0.1) is 11.8 Å². The maximum Gasteiger partial charge on any atom is 0.247 e. The summed E-state index contributed by atoms with van der Waals surface area (Å²) in [6.07, 6.45) is 9.35. The van der Waals surface area contributed by atoms with E-state index in [-0.39, 0.29) is 24.3 Å². The van der Waals surface area contributed by atoms with Gasteiger partial charge in [0.25, 0.3) is 0 Å². The SMILES string of the molecule is CCOc1ccc(N2CC=C[C@@]3(C)S[C@]45C=CCN(CCN6CCOCC6)C(=O)C4N(CCCCO)C(=O)[C@@H]5[C@H]3C2=O)cc1. The standard InChI is InChI=1S/C33H44N4O6S/c1-3-43-25-10-8-24(9-11-25)36-16-6-12-32(2)26(29(36)39)27-30(40)37(15-4-5-21-38)28-31(41)35(14-7-13-33(27,28)44-32)18-17-34-19-22-42-23-20-34/h6-13,26-28,38H,3-5,14-23H2,1-2H3/t26-,27-,28?,32+,33-/m0/s1. The van der Waals surface area contributed by atoms with Gasteiger partial charge in [0, 0.05) is 62.9 Å². The van der Waals surface area contributed by atoms with E-state index in [4.69, 9.17) is 9.47 Å². The van der Waals surface area contributed by atoms with E-state index in [2.05, 4.69) is 17.1 Å². The number of nitrogens with zero attached hydrogens (tertiary/aromatic N) is 4. The highest BCUT2D eigenvalue weighted by atomic mass is 32.2. The molecule has 0 radical (unpaired) electrons. The molecule has 0 aliphatic carbocycles. The highest BCUT2D eigenvalue weighted by molar-refractivity contribution is 8.02. The molecule has 0 saturated carbocycles. The van der Waals surface area contributed by atoms with Crippen LogP contribution in [0.5, 0.6) is 5.75 Å². The lowest BCUT2D eigenvalue weighted by atomic mass is 9.74. The zero-order valence-corrected chi connectivity index (χ0v) is 26.5. The lowest BCUT2D eigenvalue weighted by Gasteiger charge is -2.37. The average molecular weight is 625 g/mol. The Morgan fingerprint density at radius 1 is 0.932 bits per heavy atom. The Morgan fingerprint density at radius 3 is 2.41 bits per heavy atom. The third-order valence-corrected chi connectivity index (χ3v) is 11.5. The van der Waals surface area contributed by atoms with Crippen LogP contribution >= 0.6 is 11.8 Å². The van der Waals surface area contributed by atoms with E-state index in [0.29, 0.717) is 58.8 Å². The Kier molecular flexibility index (Phi) is 9.10. The summed E-state index contributed by atoms with van der Waals surface area (Å²) in [6.45, 7) is 10.2. The summed E-state index contributed by atoms with van der Waals surface area (Å²) in [7, 11) is 0. The zero-order chi connectivity index (χ0) is 30.9. The first-order valence-corrected chi connectivity index (χ1v) is 16.7. The number of anilines is 1. The van der Waals surface area contributed by atoms with Crippen LogP contribution in [-0.4, -0.2) is 125 Å². The second kappa shape index (κ2) is 12.9. The molecule has 0 bridgehead atoms. The number of likely N-dealkylation sites (tertiary alicyclic amines) is 1. The summed E-state index contributed by atoms with van der Waals surface area (Å²) in [4.78, 5) is 51.3. The first-order valence-electron chi connectivity index (χ1n) is 15.9. The van der Waals surface area contributed by atoms with Crippen molar-refractivity contribution in [1.29, 1.82) is 0 Å². The Morgan fingerprint density at radius 2 is 1.68 bits per heavy atom. The van der Waals surface area contributed by atoms with Crippen molar-refractivity contribution in [2.24, 2.45) is 11.8 Å². The van der Waals surface area contributed by atoms with Crippen LogP contribution in [0.1, 0.15) is 26.7 Å². The topological polar surface area (TPSA) is 103 Å². The molecule has 238 valence electrons. The summed E-state index contributed by atoms with van der Waals surface area (Å²) in [6, 6.07) is 6.79. The van der Waals surface area contributed by atoms with Crippen molar-refractivity contribution in [3.8, 4) is 5.75 Å². The number of fused-ring (bicyclic) bond motifs is 2. The van der Waals surface area contributed by atoms with Crippen LogP contribution in [0, 0.1) is 11.8 Å². The van der Waals surface area contributed by atoms with Crippen molar-refractivity contribution < 1.29 is 29.0 Å². The maximum absolute atomic E-state index is 14.6. The number of amides is 3. The second-order valence-electron chi connectivity index (χ2n) is 12.4. The van der Waals surface area contributed by atoms with Crippen molar-refractivity contribution in [1.82, 2.24) is 14.7 Å². The first-order chi connectivity index (χ1) is 21.3. The van der Waals surface area contributed by atoms with Crippen LogP contribution in [-0.2, 0) is 19.1 Å². The third-order valence-electron chi connectivity index (χ3n) is 9.70. The van der Waals surface area contributed by atoms with Crippen LogP contribution in [0.25, 0.3) is 0 Å². The van der Waals surface area contributed by atoms with Gasteiger partial charge in [-0.05, 0) is 51.0 Å². The van der Waals surface area contributed by atoms with Gasteiger partial charge in [0.15, 0.2) is 0 Å². The van der Waals surface area contributed by atoms with Crippen LogP contribution < -0.4 is 9.64 Å². The number of unbranched alkanes of at least 4 members (excludes halogenated alkanes) is 1. The van der Waals surface area contributed by atoms with Gasteiger partial charge in [0.1, 0.15) is 11.8 Å². The molecule has 3 saturated heterocycles. The Bertz CT molecular complexity index is 1300. The lowest BCUT2D eigenvalue weighted by molar-refractivity contribution is -0.143. The Balaban J connectivity index is 1.33. The minimum Gasteiger partial charge on any atom is -0.494 e. The minimum absolute atomic E-state index is 0.0244. The van der Waals surface area contributed by atoms with Gasteiger partial charge in [-0.2, -0.15) is 0 Å². The fourth-order valence-electron chi connectivity index (χ4n) is 7.61. The Labute approximate surface area is 264 Å². The molecule has 3 amide bonds. The molecule has 3 fully saturated rings. The van der Waals surface area contributed by atoms with E-state index in [0.717, 1.165) is 31.1 Å². The van der Waals surface area contributed by atoms with Gasteiger partial charge in [0.2, 0.25) is 17.7 Å². The van der Waals surface area contributed by atoms with Crippen LogP contribution in [0.2, 0.25) is 0 Å². The zero-order valence-electron chi connectivity index (χ0n) is 25.7. The van der Waals surface area contributed by atoms with Crippen LogP contribution in [0.3, 0.4) is 0 Å². The third kappa shape index (κ3) is 5.46. The van der Waals surface area contributed by atoms with Crippen molar-refractivity contribution in [2.45, 2.75) is 42.2 Å². The fraction of sp³-hybridized carbons (Fsp3) is 0.606. The van der Waals surface area contributed by atoms with Gasteiger partial charge < -0.3 is 29.3 Å². The summed E-state index contributed by atoms with van der Waals surface area (Å²) in [5.41, 5.74) is 0.752. The van der Waals surface area contributed by atoms with E-state index in [1.54, 1.807) is 21.6 Å². The summed E-state index contributed by atoms with van der Waals surface area (Å²) >= 11 is 1.61. The molecule has 11 heteroatoms. The van der Waals surface area contributed by atoms with Gasteiger partial charge in [-0.25, -0.2) is 0 Å². The average Bonchev–Trinajstić information content (AvgIpc) is 3.29. The molecule has 6 rings (SSSR count). The summed E-state index contributed by atoms with van der Waals surface area (Å²) in [5, 5.41) is 9.50. The number of thioether (sulfide) groups is 1. The molecule has 10 nitrogen and oxygen atoms in total. The molecule has 5 heterocycles. The number of benzene rings is 1. The molecule has 5 atom stereocenters. The molecule has 5 aliphatic rings. The van der Waals surface area contributed by atoms with E-state index in [9.17, 15) is 19.5 Å². The molecule has 5 aliphatic heterocycles. The number of aliphatic hydroxyl groups excluding tert-OH is 1. The van der Waals surface area contributed by atoms with Gasteiger partial charge in [-0.3, -0.25) is 19.3 Å². The highest BCUT2D eigenvalue weighted by Gasteiger charge is 2.73. The van der Waals surface area contributed by atoms with E-state index < -0.39 is 27.4 Å². The predicted molar refractivity (Wildman–Crippen MR) is 170 cm³/mol. The molecule has 0 aromatic heterocycles. The number of carbonyl (C=O) groups is 3. The summed E-state index contributed by atoms with van der Waals surface area (Å²) in [5.74, 6) is -0.895. The number of aliphatic hydroxyl groups is 1. The molecule has 1 unspecified atom stereocenters. The lowest BCUT2D eigenvalue weighted by Crippen LogP contribution is -2.54. The van der Waals surface area contributed by atoms with E-state index in [1.165, 1.54) is 0 Å². The second-order valence-corrected chi connectivity index (χ2v) is 14.2. The van der Waals surface area contributed by atoms with Crippen molar-refractivity contribution in [3.05, 3.63) is 48.6 Å². The normalized spacial score (nSPS) is 32.0. The number of hydrogen-bond donors (Lipinski definition) is 1. The van der Waals surface area contributed by atoms with Crippen LogP contribution in [0.15, 0.2) is 48.6 Å². The van der Waals surface area contributed by atoms with Crippen molar-refractivity contribution in [2.75, 3.05) is 77.1 Å². The predicted octanol–water partition coefficient (Wildman–Crippen LogP) is 2.18. The number of carbonyl (C=O) groups excluding carboxylic acids is 3. The largest absolute Gasteiger partial charge is 0.494 e. The number of morpholine rings is 1. The molecule has 1 N–H and O–H groups in total. The van der Waals surface area contributed by atoms with Gasteiger partial charge in [-0.1, -0.05) is 24.3 Å². The molecule has 1 spiro atoms. The van der Waals surface area contributed by atoms with Gasteiger partial charge >= 0.3 is 0 Å². The van der Waals surface area contributed by atoms with Crippen LogP contribution in [0.4, 0.5) is 5.69 Å². The number of hydrogen-bond acceptors (Lipinski definition) is 8. The highest BCUT2D eigenvalue weighted by Crippen LogP contribution is 2.65. The first kappa shape index (κ1) is 31.1. The number of rotatable bonds is 10. The quantitative estimate of drug-likeness (QED) is 0.312. The van der Waals surface area contributed by atoms with Gasteiger partial charge in [0.05, 0.1) is 36.4 Å². The summed E-state index contributed by atoms with van der Waals surface area (Å²) < 4.78 is 9.56. The van der Waals surface area contributed by atoms with E-state index in [1.807, 2.05) is 55.2 Å². The minimum atomic E-state index is -0.873. The monoisotopic (exact) mass is 624 g/mol. The molecule has 1 aromatic rings. The molecular weight excluding hydrogens is 580 g/mol. The fourth-order valence-corrected chi connectivity index (χ4v) is 9.77. The number of ether oxygens (including phenoxy) is 2. The molecule has 1 aromatic carbocycles. The Hall–Kier alpha value is -2.86. The molecule has 44 heavy (non-hydrogen) atoms. The smallest absolute Gasteiger partial charge is 0.247 e. The maximum atomic E-state index is 14.6. The van der Waals surface area contributed by atoms with Crippen molar-refractivity contribution >= 4 is 35.2 Å².